The number of thiophene rings is 1. The lowest BCUT2D eigenvalue weighted by Crippen LogP contribution is -2.33. The van der Waals surface area contributed by atoms with Crippen molar-refractivity contribution in [3.8, 4) is 0 Å². The SMILES string of the molecule is Cc1c(Cl)cccc1NCC(=O)N[C@@H](c1ccccc1)c1cccs1. The predicted octanol–water partition coefficient (Wildman–Crippen LogP) is 5.03. The van der Waals surface area contributed by atoms with Crippen molar-refractivity contribution in [2.75, 3.05) is 11.9 Å². The molecule has 0 fully saturated rings. The van der Waals surface area contributed by atoms with Gasteiger partial charge in [-0.1, -0.05) is 54.1 Å². The first-order valence-corrected chi connectivity index (χ1v) is 9.27. The summed E-state index contributed by atoms with van der Waals surface area (Å²) < 4.78 is 0. The normalized spacial score (nSPS) is 11.8. The molecule has 3 rings (SSSR count). The molecule has 25 heavy (non-hydrogen) atoms. The number of rotatable bonds is 6. The van der Waals surface area contributed by atoms with Crippen molar-refractivity contribution in [1.29, 1.82) is 0 Å². The minimum absolute atomic E-state index is 0.0679. The first kappa shape index (κ1) is 17.5. The molecule has 0 saturated heterocycles. The summed E-state index contributed by atoms with van der Waals surface area (Å²) in [6.45, 7) is 2.12. The maximum absolute atomic E-state index is 12.5. The molecular formula is C20H19ClN2OS. The summed E-state index contributed by atoms with van der Waals surface area (Å²) in [7, 11) is 0. The number of hydrogen-bond donors (Lipinski definition) is 2. The highest BCUT2D eigenvalue weighted by atomic mass is 35.5. The van der Waals surface area contributed by atoms with E-state index in [0.29, 0.717) is 5.02 Å². The highest BCUT2D eigenvalue weighted by Gasteiger charge is 2.17. The number of nitrogens with one attached hydrogen (secondary N) is 2. The Morgan fingerprint density at radius 1 is 1.08 bits per heavy atom. The predicted molar refractivity (Wildman–Crippen MR) is 105 cm³/mol. The first-order valence-electron chi connectivity index (χ1n) is 8.02. The monoisotopic (exact) mass is 370 g/mol. The molecule has 0 radical (unpaired) electrons. The second-order valence-corrected chi connectivity index (χ2v) is 7.08. The van der Waals surface area contributed by atoms with Crippen molar-refractivity contribution in [2.24, 2.45) is 0 Å². The van der Waals surface area contributed by atoms with Crippen molar-refractivity contribution in [3.05, 3.63) is 87.1 Å². The lowest BCUT2D eigenvalue weighted by molar-refractivity contribution is -0.119. The van der Waals surface area contributed by atoms with Gasteiger partial charge in [-0.15, -0.1) is 11.3 Å². The van der Waals surface area contributed by atoms with Gasteiger partial charge in [0.1, 0.15) is 0 Å². The number of halogens is 1. The average Bonchev–Trinajstić information content (AvgIpc) is 3.16. The van der Waals surface area contributed by atoms with E-state index in [9.17, 15) is 4.79 Å². The second-order valence-electron chi connectivity index (χ2n) is 5.69. The van der Waals surface area contributed by atoms with E-state index in [1.807, 2.05) is 73.0 Å². The van der Waals surface area contributed by atoms with Crippen LogP contribution in [0.2, 0.25) is 5.02 Å². The standard InChI is InChI=1S/C20H19ClN2OS/c1-14-16(21)9-5-10-17(14)22-13-19(24)23-20(18-11-6-12-25-18)15-7-3-2-4-8-15/h2-12,20,22H,13H2,1H3,(H,23,24)/t20-/m0/s1. The second kappa shape index (κ2) is 8.19. The van der Waals surface area contributed by atoms with Gasteiger partial charge >= 0.3 is 0 Å². The molecule has 2 aromatic carbocycles. The van der Waals surface area contributed by atoms with Crippen molar-refractivity contribution >= 4 is 34.5 Å². The number of anilines is 1. The highest BCUT2D eigenvalue weighted by molar-refractivity contribution is 7.10. The number of carbonyl (C=O) groups excluding carboxylic acids is 1. The Labute approximate surface area is 156 Å². The van der Waals surface area contributed by atoms with Crippen LogP contribution in [-0.2, 0) is 4.79 Å². The third-order valence-corrected chi connectivity index (χ3v) is 5.32. The fourth-order valence-electron chi connectivity index (χ4n) is 2.61. The van der Waals surface area contributed by atoms with Crippen LogP contribution in [0.4, 0.5) is 5.69 Å². The number of carbonyl (C=O) groups is 1. The molecule has 1 atom stereocenters. The van der Waals surface area contributed by atoms with Crippen LogP contribution < -0.4 is 10.6 Å². The quantitative estimate of drug-likeness (QED) is 0.639. The lowest BCUT2D eigenvalue weighted by Gasteiger charge is -2.19. The molecule has 0 unspecified atom stereocenters. The van der Waals surface area contributed by atoms with Gasteiger partial charge in [-0.25, -0.2) is 0 Å². The maximum Gasteiger partial charge on any atom is 0.240 e. The van der Waals surface area contributed by atoms with Gasteiger partial charge in [0.15, 0.2) is 0 Å². The molecule has 5 heteroatoms. The summed E-state index contributed by atoms with van der Waals surface area (Å²) in [5.74, 6) is -0.0679. The molecule has 3 aromatic rings. The number of hydrogen-bond acceptors (Lipinski definition) is 3. The Balaban J connectivity index is 1.70. The third kappa shape index (κ3) is 4.41. The fourth-order valence-corrected chi connectivity index (χ4v) is 3.58. The zero-order valence-electron chi connectivity index (χ0n) is 13.8. The summed E-state index contributed by atoms with van der Waals surface area (Å²) in [5, 5.41) is 8.98. The van der Waals surface area contributed by atoms with Gasteiger partial charge in [-0.05, 0) is 41.6 Å². The summed E-state index contributed by atoms with van der Waals surface area (Å²) in [6.07, 6.45) is 0. The smallest absolute Gasteiger partial charge is 0.240 e. The van der Waals surface area contributed by atoms with Crippen molar-refractivity contribution in [1.82, 2.24) is 5.32 Å². The summed E-state index contributed by atoms with van der Waals surface area (Å²) in [4.78, 5) is 13.6. The van der Waals surface area contributed by atoms with E-state index in [-0.39, 0.29) is 18.5 Å². The minimum Gasteiger partial charge on any atom is -0.376 e. The molecule has 1 aromatic heterocycles. The van der Waals surface area contributed by atoms with Gasteiger partial charge in [0.25, 0.3) is 0 Å². The Bertz CT molecular complexity index is 834. The lowest BCUT2D eigenvalue weighted by atomic mass is 10.1. The summed E-state index contributed by atoms with van der Waals surface area (Å²) >= 11 is 7.76. The first-order chi connectivity index (χ1) is 12.1. The largest absolute Gasteiger partial charge is 0.376 e. The third-order valence-electron chi connectivity index (χ3n) is 3.97. The molecule has 0 bridgehead atoms. The number of amides is 1. The Morgan fingerprint density at radius 3 is 2.60 bits per heavy atom. The molecule has 1 heterocycles. The van der Waals surface area contributed by atoms with Gasteiger partial charge in [0, 0.05) is 15.6 Å². The molecule has 0 spiro atoms. The molecule has 0 aliphatic heterocycles. The van der Waals surface area contributed by atoms with E-state index in [1.165, 1.54) is 0 Å². The van der Waals surface area contributed by atoms with Crippen LogP contribution in [-0.4, -0.2) is 12.5 Å². The summed E-state index contributed by atoms with van der Waals surface area (Å²) in [6, 6.07) is 19.5. The van der Waals surface area contributed by atoms with E-state index >= 15 is 0 Å². The molecule has 3 nitrogen and oxygen atoms in total. The van der Waals surface area contributed by atoms with Gasteiger partial charge in [-0.2, -0.15) is 0 Å². The average molecular weight is 371 g/mol. The molecule has 1 amide bonds. The van der Waals surface area contributed by atoms with Gasteiger partial charge in [-0.3, -0.25) is 4.79 Å². The molecule has 0 aliphatic carbocycles. The highest BCUT2D eigenvalue weighted by Crippen LogP contribution is 2.26. The van der Waals surface area contributed by atoms with Crippen LogP contribution >= 0.6 is 22.9 Å². The minimum atomic E-state index is -0.143. The summed E-state index contributed by atoms with van der Waals surface area (Å²) in [5.41, 5.74) is 2.88. The van der Waals surface area contributed by atoms with Crippen LogP contribution in [0.5, 0.6) is 0 Å². The molecular weight excluding hydrogens is 352 g/mol. The fraction of sp³-hybridized carbons (Fsp3) is 0.150. The molecule has 2 N–H and O–H groups in total. The Kier molecular flexibility index (Phi) is 5.74. The molecule has 0 aliphatic rings. The van der Waals surface area contributed by atoms with Crippen molar-refractivity contribution in [2.45, 2.75) is 13.0 Å². The van der Waals surface area contributed by atoms with E-state index < -0.39 is 0 Å². The van der Waals surface area contributed by atoms with Crippen LogP contribution in [0.25, 0.3) is 0 Å². The van der Waals surface area contributed by atoms with Crippen molar-refractivity contribution in [3.63, 3.8) is 0 Å². The van der Waals surface area contributed by atoms with E-state index in [1.54, 1.807) is 11.3 Å². The van der Waals surface area contributed by atoms with Crippen LogP contribution in [0.1, 0.15) is 22.0 Å². The van der Waals surface area contributed by atoms with Crippen molar-refractivity contribution < 1.29 is 4.79 Å². The zero-order valence-corrected chi connectivity index (χ0v) is 15.4. The van der Waals surface area contributed by atoms with E-state index in [0.717, 1.165) is 21.7 Å². The van der Waals surface area contributed by atoms with Gasteiger partial charge < -0.3 is 10.6 Å². The Morgan fingerprint density at radius 2 is 1.88 bits per heavy atom. The Hall–Kier alpha value is -2.30. The van der Waals surface area contributed by atoms with Gasteiger partial charge in [0.2, 0.25) is 5.91 Å². The zero-order chi connectivity index (χ0) is 17.6. The topological polar surface area (TPSA) is 41.1 Å². The van der Waals surface area contributed by atoms with E-state index in [2.05, 4.69) is 10.6 Å². The maximum atomic E-state index is 12.5. The molecule has 128 valence electrons. The van der Waals surface area contributed by atoms with Crippen LogP contribution in [0.3, 0.4) is 0 Å². The molecule has 0 saturated carbocycles. The van der Waals surface area contributed by atoms with Crippen LogP contribution in [0.15, 0.2) is 66.0 Å². The number of benzene rings is 2. The van der Waals surface area contributed by atoms with Crippen LogP contribution in [0, 0.1) is 6.92 Å². The van der Waals surface area contributed by atoms with Gasteiger partial charge in [0.05, 0.1) is 12.6 Å². The van der Waals surface area contributed by atoms with E-state index in [4.69, 9.17) is 11.6 Å².